The van der Waals surface area contributed by atoms with Crippen LogP contribution in [0.3, 0.4) is 0 Å². The zero-order valence-electron chi connectivity index (χ0n) is 14.6. The van der Waals surface area contributed by atoms with Gasteiger partial charge < -0.3 is 4.74 Å². The van der Waals surface area contributed by atoms with Crippen molar-refractivity contribution in [3.8, 4) is 17.1 Å². The van der Waals surface area contributed by atoms with Gasteiger partial charge in [0, 0.05) is 27.7 Å². The molecule has 0 radical (unpaired) electrons. The van der Waals surface area contributed by atoms with Crippen LogP contribution < -0.4 is 15.6 Å². The first-order valence-electron chi connectivity index (χ1n) is 7.65. The molecular formula is C15H12BrF6N5O2. The Hall–Kier alpha value is -2.64. The van der Waals surface area contributed by atoms with Gasteiger partial charge in [0.2, 0.25) is 0 Å². The van der Waals surface area contributed by atoms with Crippen LogP contribution in [0.4, 0.5) is 32.2 Å². The smallest absolute Gasteiger partial charge is 0.425 e. The highest BCUT2D eigenvalue weighted by atomic mass is 79.9. The summed E-state index contributed by atoms with van der Waals surface area (Å²) in [4.78, 5) is 18.7. The number of aromatic nitrogens is 3. The van der Waals surface area contributed by atoms with Crippen molar-refractivity contribution in [3.05, 3.63) is 30.0 Å². The van der Waals surface area contributed by atoms with Crippen molar-refractivity contribution in [3.63, 3.8) is 0 Å². The number of hydrazine groups is 1. The zero-order valence-corrected chi connectivity index (χ0v) is 16.2. The molecule has 2 heterocycles. The molecule has 2 rings (SSSR count). The molecule has 0 aliphatic carbocycles. The summed E-state index contributed by atoms with van der Waals surface area (Å²) in [6, 6.07) is 0.864. The second-order valence-electron chi connectivity index (χ2n) is 5.58. The standard InChI is InChI=1S/C15H12BrF6N5O2/c1-6-11(23-5-10(25-6)26-27-13(28)14(16,18)19)8-3-9(17)12(24-4-8)29-7(2)15(20,21)22/h3-5,7H,1-2H3,(H,25,26)(H,27,28). The third-order valence-corrected chi connectivity index (χ3v) is 3.70. The molecule has 0 saturated heterocycles. The minimum absolute atomic E-state index is 0.0853. The highest BCUT2D eigenvalue weighted by molar-refractivity contribution is 9.10. The van der Waals surface area contributed by atoms with Crippen LogP contribution in [0.1, 0.15) is 12.6 Å². The van der Waals surface area contributed by atoms with Crippen molar-refractivity contribution in [1.29, 1.82) is 0 Å². The summed E-state index contributed by atoms with van der Waals surface area (Å²) in [7, 11) is 0. The molecule has 14 heteroatoms. The molecular weight excluding hydrogens is 476 g/mol. The summed E-state index contributed by atoms with van der Waals surface area (Å²) in [5.41, 5.74) is 4.22. The minimum Gasteiger partial charge on any atom is -0.463 e. The first-order valence-corrected chi connectivity index (χ1v) is 8.44. The lowest BCUT2D eigenvalue weighted by Gasteiger charge is -2.17. The number of anilines is 1. The number of carbonyl (C=O) groups excluding carboxylic acids is 1. The van der Waals surface area contributed by atoms with Crippen LogP contribution in [-0.2, 0) is 4.79 Å². The average Bonchev–Trinajstić information content (AvgIpc) is 2.59. The topological polar surface area (TPSA) is 89.0 Å². The highest BCUT2D eigenvalue weighted by Crippen LogP contribution is 2.28. The number of hydrogen-bond donors (Lipinski definition) is 2. The molecule has 0 aliphatic rings. The van der Waals surface area contributed by atoms with E-state index in [4.69, 9.17) is 0 Å². The first kappa shape index (κ1) is 22.6. The fraction of sp³-hybridized carbons (Fsp3) is 0.333. The van der Waals surface area contributed by atoms with Crippen LogP contribution in [0.25, 0.3) is 11.3 Å². The predicted octanol–water partition coefficient (Wildman–Crippen LogP) is 3.75. The van der Waals surface area contributed by atoms with Crippen LogP contribution in [0.2, 0.25) is 0 Å². The normalized spacial score (nSPS) is 13.0. The maximum atomic E-state index is 14.1. The SMILES string of the molecule is Cc1nc(NNC(=O)C(F)(F)Br)cnc1-c1cnc(OC(C)C(F)(F)F)c(F)c1. The Morgan fingerprint density at radius 3 is 2.38 bits per heavy atom. The number of alkyl halides is 6. The number of hydrogen-bond acceptors (Lipinski definition) is 6. The van der Waals surface area contributed by atoms with E-state index in [1.807, 2.05) is 15.9 Å². The number of rotatable bonds is 6. The molecule has 0 spiro atoms. The zero-order chi connectivity index (χ0) is 22.0. The molecule has 2 aromatic rings. The van der Waals surface area contributed by atoms with E-state index in [2.05, 4.69) is 25.1 Å². The van der Waals surface area contributed by atoms with Crippen molar-refractivity contribution in [1.82, 2.24) is 20.4 Å². The van der Waals surface area contributed by atoms with Crippen molar-refractivity contribution < 1.29 is 35.9 Å². The van der Waals surface area contributed by atoms with Gasteiger partial charge in [-0.2, -0.15) is 22.0 Å². The fourth-order valence-corrected chi connectivity index (χ4v) is 1.99. The van der Waals surface area contributed by atoms with Crippen molar-refractivity contribution in [2.45, 2.75) is 31.0 Å². The predicted molar refractivity (Wildman–Crippen MR) is 91.7 cm³/mol. The van der Waals surface area contributed by atoms with E-state index in [-0.39, 0.29) is 22.8 Å². The van der Waals surface area contributed by atoms with E-state index in [9.17, 15) is 31.1 Å². The molecule has 1 atom stereocenters. The van der Waals surface area contributed by atoms with Gasteiger partial charge in [-0.3, -0.25) is 20.6 Å². The second kappa shape index (κ2) is 8.39. The van der Waals surface area contributed by atoms with Crippen molar-refractivity contribution >= 4 is 27.7 Å². The minimum atomic E-state index is -4.69. The van der Waals surface area contributed by atoms with Gasteiger partial charge in [0.15, 0.2) is 17.7 Å². The Morgan fingerprint density at radius 1 is 1.21 bits per heavy atom. The molecule has 158 valence electrons. The van der Waals surface area contributed by atoms with E-state index >= 15 is 0 Å². The lowest BCUT2D eigenvalue weighted by molar-refractivity contribution is -0.190. The molecule has 1 unspecified atom stereocenters. The van der Waals surface area contributed by atoms with Crippen LogP contribution >= 0.6 is 15.9 Å². The molecule has 0 saturated carbocycles. The summed E-state index contributed by atoms with van der Waals surface area (Å²) < 4.78 is 81.5. The molecule has 0 fully saturated rings. The maximum Gasteiger partial charge on any atom is 0.425 e. The summed E-state index contributed by atoms with van der Waals surface area (Å²) in [6.07, 6.45) is -4.85. The molecule has 2 aromatic heterocycles. The van der Waals surface area contributed by atoms with E-state index < -0.39 is 34.7 Å². The Balaban J connectivity index is 2.16. The summed E-state index contributed by atoms with van der Waals surface area (Å²) in [6.45, 7) is 2.16. The number of carbonyl (C=O) groups is 1. The molecule has 0 aromatic carbocycles. The lowest BCUT2D eigenvalue weighted by atomic mass is 10.1. The number of aryl methyl sites for hydroxylation is 1. The molecule has 1 amide bonds. The first-order chi connectivity index (χ1) is 13.3. The van der Waals surface area contributed by atoms with Crippen LogP contribution in [0.5, 0.6) is 5.88 Å². The monoisotopic (exact) mass is 487 g/mol. The van der Waals surface area contributed by atoms with E-state index in [0.717, 1.165) is 18.5 Å². The maximum absolute atomic E-state index is 14.1. The summed E-state index contributed by atoms with van der Waals surface area (Å²) >= 11 is 1.88. The summed E-state index contributed by atoms with van der Waals surface area (Å²) in [5.74, 6) is -3.74. The number of pyridine rings is 1. The highest BCUT2D eigenvalue weighted by Gasteiger charge is 2.39. The van der Waals surface area contributed by atoms with Crippen molar-refractivity contribution in [2.75, 3.05) is 5.43 Å². The van der Waals surface area contributed by atoms with E-state index in [0.29, 0.717) is 6.92 Å². The number of nitrogens with one attached hydrogen (secondary N) is 2. The number of amides is 1. The van der Waals surface area contributed by atoms with Gasteiger partial charge in [-0.25, -0.2) is 14.4 Å². The Morgan fingerprint density at radius 2 is 1.86 bits per heavy atom. The average molecular weight is 488 g/mol. The third-order valence-electron chi connectivity index (χ3n) is 3.34. The van der Waals surface area contributed by atoms with Crippen LogP contribution in [0.15, 0.2) is 18.5 Å². The molecule has 0 bridgehead atoms. The van der Waals surface area contributed by atoms with Gasteiger partial charge >= 0.3 is 16.9 Å². The molecule has 29 heavy (non-hydrogen) atoms. The van der Waals surface area contributed by atoms with Gasteiger partial charge in [-0.15, -0.1) is 0 Å². The summed E-state index contributed by atoms with van der Waals surface area (Å²) in [5, 5.41) is 0. The number of ether oxygens (including phenoxy) is 1. The molecule has 7 nitrogen and oxygen atoms in total. The Kier molecular flexibility index (Phi) is 6.55. The van der Waals surface area contributed by atoms with Gasteiger partial charge in [0.1, 0.15) is 0 Å². The number of nitrogens with zero attached hydrogens (tertiary/aromatic N) is 3. The Labute approximate surface area is 168 Å². The van der Waals surface area contributed by atoms with Gasteiger partial charge in [-0.1, -0.05) is 0 Å². The van der Waals surface area contributed by atoms with Crippen LogP contribution in [-0.4, -0.2) is 38.0 Å². The third kappa shape index (κ3) is 5.92. The largest absolute Gasteiger partial charge is 0.463 e. The van der Waals surface area contributed by atoms with Gasteiger partial charge in [-0.05, 0) is 19.9 Å². The number of halogens is 7. The van der Waals surface area contributed by atoms with Gasteiger partial charge in [0.25, 0.3) is 5.88 Å². The Bertz CT molecular complexity index is 906. The quantitative estimate of drug-likeness (QED) is 0.366. The van der Waals surface area contributed by atoms with Crippen molar-refractivity contribution in [2.24, 2.45) is 0 Å². The van der Waals surface area contributed by atoms with Crippen LogP contribution in [0, 0.1) is 12.7 Å². The molecule has 0 aliphatic heterocycles. The van der Waals surface area contributed by atoms with E-state index in [1.54, 1.807) is 5.43 Å². The lowest BCUT2D eigenvalue weighted by Crippen LogP contribution is -2.39. The molecule has 2 N–H and O–H groups in total. The van der Waals surface area contributed by atoms with E-state index in [1.165, 1.54) is 6.92 Å². The van der Waals surface area contributed by atoms with Gasteiger partial charge in [0.05, 0.1) is 17.6 Å². The second-order valence-corrected chi connectivity index (χ2v) is 6.57. The fourth-order valence-electron chi connectivity index (χ4n) is 1.89.